The number of aromatic nitrogens is 2. The van der Waals surface area contributed by atoms with Gasteiger partial charge in [0, 0.05) is 11.3 Å². The number of aryl methyl sites for hydroxylation is 1. The van der Waals surface area contributed by atoms with Crippen LogP contribution in [0.4, 0.5) is 5.95 Å². The summed E-state index contributed by atoms with van der Waals surface area (Å²) in [6.45, 7) is 5.86. The van der Waals surface area contributed by atoms with Crippen LogP contribution in [0.15, 0.2) is 4.79 Å². The first-order valence-electron chi connectivity index (χ1n) is 4.79. The van der Waals surface area contributed by atoms with Crippen LogP contribution in [0.5, 0.6) is 0 Å². The second-order valence-corrected chi connectivity index (χ2v) is 3.81. The minimum atomic E-state index is -0.172. The molecular weight excluding hydrogens is 192 g/mol. The van der Waals surface area contributed by atoms with Crippen molar-refractivity contribution < 1.29 is 0 Å². The molecule has 0 amide bonds. The number of aromatic amines is 1. The highest BCUT2D eigenvalue weighted by atomic mass is 16.1. The normalized spacial score (nSPS) is 10.1. The third kappa shape index (κ3) is 2.81. The van der Waals surface area contributed by atoms with Gasteiger partial charge in [0.2, 0.25) is 5.95 Å². The van der Waals surface area contributed by atoms with Crippen molar-refractivity contribution >= 4 is 5.95 Å². The third-order valence-electron chi connectivity index (χ3n) is 2.01. The van der Waals surface area contributed by atoms with Crippen molar-refractivity contribution in [3.63, 3.8) is 0 Å². The van der Waals surface area contributed by atoms with Crippen molar-refractivity contribution in [2.24, 2.45) is 5.92 Å². The number of nitrogens with zero attached hydrogens (tertiary/aromatic N) is 2. The Morgan fingerprint density at radius 2 is 2.27 bits per heavy atom. The molecule has 0 unspecified atom stereocenters. The molecule has 1 heterocycles. The summed E-state index contributed by atoms with van der Waals surface area (Å²) >= 11 is 0. The maximum atomic E-state index is 11.6. The summed E-state index contributed by atoms with van der Waals surface area (Å²) < 4.78 is 0. The van der Waals surface area contributed by atoms with E-state index < -0.39 is 0 Å². The van der Waals surface area contributed by atoms with E-state index in [0.29, 0.717) is 23.6 Å². The van der Waals surface area contributed by atoms with Gasteiger partial charge in [0.05, 0.1) is 0 Å². The summed E-state index contributed by atoms with van der Waals surface area (Å²) in [5, 5.41) is 10.7. The van der Waals surface area contributed by atoms with Gasteiger partial charge in [0.1, 0.15) is 0 Å². The van der Waals surface area contributed by atoms with Gasteiger partial charge in [-0.15, -0.1) is 0 Å². The van der Waals surface area contributed by atoms with Gasteiger partial charge >= 0.3 is 0 Å². The van der Waals surface area contributed by atoms with Gasteiger partial charge in [0.25, 0.3) is 5.56 Å². The number of rotatable bonds is 3. The molecule has 0 saturated carbocycles. The van der Waals surface area contributed by atoms with Crippen molar-refractivity contribution in [1.29, 1.82) is 5.26 Å². The Morgan fingerprint density at radius 1 is 1.60 bits per heavy atom. The summed E-state index contributed by atoms with van der Waals surface area (Å²) in [5.41, 5.74) is 1.19. The number of hydrogen-bond donors (Lipinski definition) is 2. The van der Waals surface area contributed by atoms with Crippen molar-refractivity contribution in [2.75, 3.05) is 5.32 Å². The predicted octanol–water partition coefficient (Wildman–Crippen LogP) is 1.17. The van der Waals surface area contributed by atoms with Crippen molar-refractivity contribution in [3.05, 3.63) is 21.6 Å². The van der Waals surface area contributed by atoms with Crippen molar-refractivity contribution in [3.8, 4) is 6.19 Å². The zero-order valence-electron chi connectivity index (χ0n) is 9.09. The number of H-pyrrole nitrogens is 1. The molecule has 0 spiro atoms. The summed E-state index contributed by atoms with van der Waals surface area (Å²) in [7, 11) is 0. The molecule has 15 heavy (non-hydrogen) atoms. The van der Waals surface area contributed by atoms with Gasteiger partial charge in [-0.25, -0.2) is 4.98 Å². The molecule has 80 valence electrons. The van der Waals surface area contributed by atoms with Gasteiger partial charge in [-0.3, -0.25) is 15.1 Å². The van der Waals surface area contributed by atoms with Crippen LogP contribution in [0.3, 0.4) is 0 Å². The van der Waals surface area contributed by atoms with Crippen LogP contribution >= 0.6 is 0 Å². The highest BCUT2D eigenvalue weighted by molar-refractivity contribution is 5.32. The maximum Gasteiger partial charge on any atom is 0.255 e. The molecule has 0 aliphatic carbocycles. The predicted molar refractivity (Wildman–Crippen MR) is 57.4 cm³/mol. The van der Waals surface area contributed by atoms with Crippen LogP contribution in [0.1, 0.15) is 25.1 Å². The Balaban J connectivity index is 3.11. The lowest BCUT2D eigenvalue weighted by molar-refractivity contribution is 0.636. The average molecular weight is 206 g/mol. The van der Waals surface area contributed by atoms with Gasteiger partial charge in [0.15, 0.2) is 6.19 Å². The number of nitrogens with one attached hydrogen (secondary N) is 2. The summed E-state index contributed by atoms with van der Waals surface area (Å²) in [5.74, 6) is 0.605. The number of anilines is 1. The fourth-order valence-corrected chi connectivity index (χ4v) is 1.37. The Morgan fingerprint density at radius 3 is 2.73 bits per heavy atom. The summed E-state index contributed by atoms with van der Waals surface area (Å²) in [4.78, 5) is 18.2. The summed E-state index contributed by atoms with van der Waals surface area (Å²) in [6, 6.07) is 0. The molecule has 0 bridgehead atoms. The standard InChI is InChI=1S/C10H14N4O/c1-6(2)4-8-7(3)13-10(12-5-11)14-9(8)15/h6H,4H2,1-3H3,(H2,12,13,14,15). The van der Waals surface area contributed by atoms with E-state index in [9.17, 15) is 4.79 Å². The number of nitriles is 1. The van der Waals surface area contributed by atoms with E-state index in [1.807, 2.05) is 13.8 Å². The highest BCUT2D eigenvalue weighted by Gasteiger charge is 2.09. The Labute approximate surface area is 88.2 Å². The van der Waals surface area contributed by atoms with E-state index in [-0.39, 0.29) is 11.5 Å². The fraction of sp³-hybridized carbons (Fsp3) is 0.500. The van der Waals surface area contributed by atoms with Gasteiger partial charge in [-0.05, 0) is 19.3 Å². The van der Waals surface area contributed by atoms with Crippen molar-refractivity contribution in [2.45, 2.75) is 27.2 Å². The smallest absolute Gasteiger partial charge is 0.255 e. The first kappa shape index (κ1) is 11.2. The molecule has 0 aliphatic heterocycles. The van der Waals surface area contributed by atoms with E-state index in [1.165, 1.54) is 0 Å². The van der Waals surface area contributed by atoms with E-state index >= 15 is 0 Å². The van der Waals surface area contributed by atoms with Crippen LogP contribution in [0.2, 0.25) is 0 Å². The molecular formula is C10H14N4O. The zero-order chi connectivity index (χ0) is 11.4. The van der Waals surface area contributed by atoms with Gasteiger partial charge in [-0.2, -0.15) is 5.26 Å². The van der Waals surface area contributed by atoms with Gasteiger partial charge < -0.3 is 0 Å². The van der Waals surface area contributed by atoms with Crippen LogP contribution < -0.4 is 10.9 Å². The van der Waals surface area contributed by atoms with Crippen LogP contribution in [0.25, 0.3) is 0 Å². The largest absolute Gasteiger partial charge is 0.292 e. The lowest BCUT2D eigenvalue weighted by Crippen LogP contribution is -2.19. The molecule has 0 aromatic carbocycles. The topological polar surface area (TPSA) is 81.6 Å². The SMILES string of the molecule is Cc1nc(NC#N)[nH]c(=O)c1CC(C)C. The zero-order valence-corrected chi connectivity index (χ0v) is 9.09. The Hall–Kier alpha value is -1.83. The monoisotopic (exact) mass is 206 g/mol. The number of hydrogen-bond acceptors (Lipinski definition) is 4. The molecule has 1 aromatic heterocycles. The lowest BCUT2D eigenvalue weighted by atomic mass is 10.0. The first-order valence-corrected chi connectivity index (χ1v) is 4.79. The lowest BCUT2D eigenvalue weighted by Gasteiger charge is -2.07. The molecule has 1 rings (SSSR count). The molecule has 0 radical (unpaired) electrons. The molecule has 5 nitrogen and oxygen atoms in total. The van der Waals surface area contributed by atoms with E-state index in [2.05, 4.69) is 15.3 Å². The minimum Gasteiger partial charge on any atom is -0.292 e. The van der Waals surface area contributed by atoms with E-state index in [0.717, 1.165) is 0 Å². The first-order chi connectivity index (χ1) is 7.04. The molecule has 0 atom stereocenters. The fourth-order valence-electron chi connectivity index (χ4n) is 1.37. The quantitative estimate of drug-likeness (QED) is 0.574. The average Bonchev–Trinajstić information content (AvgIpc) is 2.11. The Kier molecular flexibility index (Phi) is 3.45. The van der Waals surface area contributed by atoms with Crippen LogP contribution in [-0.4, -0.2) is 9.97 Å². The molecule has 2 N–H and O–H groups in total. The second kappa shape index (κ2) is 4.60. The highest BCUT2D eigenvalue weighted by Crippen LogP contribution is 2.07. The van der Waals surface area contributed by atoms with Crippen molar-refractivity contribution in [1.82, 2.24) is 9.97 Å². The second-order valence-electron chi connectivity index (χ2n) is 3.81. The Bertz CT molecular complexity index is 442. The molecule has 1 aromatic rings. The van der Waals surface area contributed by atoms with Crippen LogP contribution in [-0.2, 0) is 6.42 Å². The summed E-state index contributed by atoms with van der Waals surface area (Å²) in [6.07, 6.45) is 2.41. The third-order valence-corrected chi connectivity index (χ3v) is 2.01. The van der Waals surface area contributed by atoms with Gasteiger partial charge in [-0.1, -0.05) is 13.8 Å². The molecule has 0 aliphatic rings. The molecule has 0 saturated heterocycles. The minimum absolute atomic E-state index is 0.172. The molecule has 0 fully saturated rings. The maximum absolute atomic E-state index is 11.6. The molecule has 5 heteroatoms. The van der Waals surface area contributed by atoms with E-state index in [1.54, 1.807) is 13.1 Å². The van der Waals surface area contributed by atoms with Crippen LogP contribution in [0, 0.1) is 24.3 Å². The van der Waals surface area contributed by atoms with E-state index in [4.69, 9.17) is 5.26 Å².